The monoisotopic (exact) mass is 444 g/mol. The fraction of sp³-hybridized carbons (Fsp3) is 0.458. The predicted molar refractivity (Wildman–Crippen MR) is 123 cm³/mol. The number of nitro groups is 1. The molecule has 32 heavy (non-hydrogen) atoms. The second-order valence-corrected chi connectivity index (χ2v) is 8.64. The molecule has 0 fully saturated rings. The van der Waals surface area contributed by atoms with E-state index in [2.05, 4.69) is 52.1 Å². The van der Waals surface area contributed by atoms with Crippen LogP contribution in [0.2, 0.25) is 0 Å². The molecule has 0 aromatic heterocycles. The van der Waals surface area contributed by atoms with E-state index in [9.17, 15) is 14.9 Å². The molecule has 0 radical (unpaired) electrons. The van der Waals surface area contributed by atoms with E-state index in [4.69, 9.17) is 14.2 Å². The van der Waals surface area contributed by atoms with Gasteiger partial charge in [0.2, 0.25) is 11.5 Å². The van der Waals surface area contributed by atoms with Gasteiger partial charge < -0.3 is 19.5 Å². The summed E-state index contributed by atoms with van der Waals surface area (Å²) in [5.41, 5.74) is 4.15. The van der Waals surface area contributed by atoms with Gasteiger partial charge in [-0.2, -0.15) is 0 Å². The van der Waals surface area contributed by atoms with Gasteiger partial charge in [0.25, 0.3) is 5.91 Å². The van der Waals surface area contributed by atoms with E-state index in [0.29, 0.717) is 13.0 Å². The Kier molecular flexibility index (Phi) is 7.72. The number of carbonyl (C=O) groups excluding carboxylic acids is 1. The van der Waals surface area contributed by atoms with Gasteiger partial charge in [0.05, 0.1) is 26.3 Å². The van der Waals surface area contributed by atoms with E-state index in [-0.39, 0.29) is 28.2 Å². The van der Waals surface area contributed by atoms with E-state index < -0.39 is 16.5 Å². The summed E-state index contributed by atoms with van der Waals surface area (Å²) in [5, 5.41) is 14.5. The van der Waals surface area contributed by atoms with Crippen molar-refractivity contribution in [3.8, 4) is 17.2 Å². The average Bonchev–Trinajstić information content (AvgIpc) is 2.72. The average molecular weight is 445 g/mol. The number of aryl methyl sites for hydroxylation is 2. The molecule has 0 aliphatic carbocycles. The number of benzene rings is 2. The first-order chi connectivity index (χ1) is 15.0. The Labute approximate surface area is 189 Å². The normalized spacial score (nSPS) is 11.1. The second-order valence-electron chi connectivity index (χ2n) is 8.64. The van der Waals surface area contributed by atoms with Gasteiger partial charge in [-0.15, -0.1) is 0 Å². The zero-order valence-electron chi connectivity index (χ0n) is 20.0. The molecule has 1 amide bonds. The van der Waals surface area contributed by atoms with Crippen LogP contribution in [-0.2, 0) is 11.8 Å². The fourth-order valence-electron chi connectivity index (χ4n) is 3.71. The highest BCUT2D eigenvalue weighted by atomic mass is 16.6. The lowest BCUT2D eigenvalue weighted by atomic mass is 9.83. The summed E-state index contributed by atoms with van der Waals surface area (Å²) < 4.78 is 15.6. The molecular formula is C24H32N2O6. The van der Waals surface area contributed by atoms with E-state index in [1.54, 1.807) is 0 Å². The number of hydrogen-bond donors (Lipinski definition) is 1. The quantitative estimate of drug-likeness (QED) is 0.475. The summed E-state index contributed by atoms with van der Waals surface area (Å²) in [6, 6.07) is 5.64. The number of nitrogens with zero attached hydrogens (tertiary/aromatic N) is 1. The summed E-state index contributed by atoms with van der Waals surface area (Å²) in [4.78, 5) is 23.9. The Balaban J connectivity index is 2.30. The molecule has 0 aliphatic heterocycles. The summed E-state index contributed by atoms with van der Waals surface area (Å²) in [5.74, 6) is -0.517. The lowest BCUT2D eigenvalue weighted by molar-refractivity contribution is -0.386. The van der Waals surface area contributed by atoms with Gasteiger partial charge in [0.1, 0.15) is 5.56 Å². The van der Waals surface area contributed by atoms with Gasteiger partial charge in [-0.05, 0) is 47.9 Å². The standard InChI is InChI=1S/C24H32N2O6/c1-14-11-16(24(3,4)5)12-15(2)17(14)9-10-25-23(27)18-13-19(30-6)21(31-7)22(32-8)20(18)26(28)29/h11-13H,9-10H2,1-8H3,(H,25,27). The van der Waals surface area contributed by atoms with Crippen molar-refractivity contribution < 1.29 is 23.9 Å². The summed E-state index contributed by atoms with van der Waals surface area (Å²) >= 11 is 0. The van der Waals surface area contributed by atoms with E-state index in [1.807, 2.05) is 0 Å². The molecule has 0 bridgehead atoms. The Morgan fingerprint density at radius 2 is 1.56 bits per heavy atom. The largest absolute Gasteiger partial charge is 0.493 e. The van der Waals surface area contributed by atoms with Gasteiger partial charge in [0.15, 0.2) is 5.75 Å². The summed E-state index contributed by atoms with van der Waals surface area (Å²) in [6.45, 7) is 11.0. The van der Waals surface area contributed by atoms with E-state index in [0.717, 1.165) is 16.7 Å². The van der Waals surface area contributed by atoms with Crippen molar-refractivity contribution in [1.29, 1.82) is 0 Å². The maximum absolute atomic E-state index is 12.9. The second kappa shape index (κ2) is 9.89. The molecule has 8 heteroatoms. The van der Waals surface area contributed by atoms with Gasteiger partial charge in [-0.3, -0.25) is 14.9 Å². The highest BCUT2D eigenvalue weighted by Crippen LogP contribution is 2.46. The molecule has 0 spiro atoms. The van der Waals surface area contributed by atoms with Gasteiger partial charge in [-0.1, -0.05) is 32.9 Å². The molecule has 1 N–H and O–H groups in total. The maximum atomic E-state index is 12.9. The van der Waals surface area contributed by atoms with Crippen LogP contribution in [0.25, 0.3) is 0 Å². The smallest absolute Gasteiger partial charge is 0.327 e. The first kappa shape index (κ1) is 25.0. The highest BCUT2D eigenvalue weighted by molar-refractivity contribution is 6.00. The van der Waals surface area contributed by atoms with Crippen molar-refractivity contribution in [3.05, 3.63) is 56.1 Å². The molecule has 2 rings (SSSR count). The third kappa shape index (κ3) is 5.12. The molecule has 8 nitrogen and oxygen atoms in total. The molecule has 2 aromatic rings. The van der Waals surface area contributed by atoms with Crippen molar-refractivity contribution in [1.82, 2.24) is 5.32 Å². The van der Waals surface area contributed by atoms with E-state index >= 15 is 0 Å². The van der Waals surface area contributed by atoms with Crippen molar-refractivity contribution in [2.24, 2.45) is 0 Å². The number of methoxy groups -OCH3 is 3. The Morgan fingerprint density at radius 1 is 1.00 bits per heavy atom. The van der Waals surface area contributed by atoms with Gasteiger partial charge in [-0.25, -0.2) is 0 Å². The van der Waals surface area contributed by atoms with Crippen LogP contribution in [0.4, 0.5) is 5.69 Å². The molecule has 174 valence electrons. The van der Waals surface area contributed by atoms with Crippen molar-refractivity contribution in [2.45, 2.75) is 46.5 Å². The molecule has 0 aliphatic rings. The van der Waals surface area contributed by atoms with Gasteiger partial charge in [0, 0.05) is 12.6 Å². The number of nitro benzene ring substituents is 1. The van der Waals surface area contributed by atoms with Crippen molar-refractivity contribution in [3.63, 3.8) is 0 Å². The lowest BCUT2D eigenvalue weighted by Gasteiger charge is -2.22. The number of ether oxygens (including phenoxy) is 3. The van der Waals surface area contributed by atoms with Crippen LogP contribution in [0.5, 0.6) is 17.2 Å². The molecule has 0 saturated heterocycles. The first-order valence-corrected chi connectivity index (χ1v) is 10.3. The van der Waals surface area contributed by atoms with Crippen LogP contribution in [0.3, 0.4) is 0 Å². The molecule has 0 saturated carbocycles. The summed E-state index contributed by atoms with van der Waals surface area (Å²) in [7, 11) is 4.01. The minimum absolute atomic E-state index is 0.0493. The molecular weight excluding hydrogens is 412 g/mol. The summed E-state index contributed by atoms with van der Waals surface area (Å²) in [6.07, 6.45) is 0.603. The topological polar surface area (TPSA) is 99.9 Å². The SMILES string of the molecule is COc1cc(C(=O)NCCc2c(C)cc(C(C)(C)C)cc2C)c([N+](=O)[O-])c(OC)c1OC. The van der Waals surface area contributed by atoms with Crippen LogP contribution in [0.1, 0.15) is 53.4 Å². The van der Waals surface area contributed by atoms with E-state index in [1.165, 1.54) is 33.0 Å². The molecule has 2 aromatic carbocycles. The van der Waals surface area contributed by atoms with Crippen LogP contribution in [0, 0.1) is 24.0 Å². The zero-order valence-corrected chi connectivity index (χ0v) is 20.0. The van der Waals surface area contributed by atoms with Crippen molar-refractivity contribution in [2.75, 3.05) is 27.9 Å². The first-order valence-electron chi connectivity index (χ1n) is 10.3. The third-order valence-corrected chi connectivity index (χ3v) is 5.45. The van der Waals surface area contributed by atoms with Crippen molar-refractivity contribution >= 4 is 11.6 Å². The Morgan fingerprint density at radius 3 is 2.00 bits per heavy atom. The third-order valence-electron chi connectivity index (χ3n) is 5.45. The van der Waals surface area contributed by atoms with Gasteiger partial charge >= 0.3 is 5.69 Å². The maximum Gasteiger partial charge on any atom is 0.327 e. The Hall–Kier alpha value is -3.29. The predicted octanol–water partition coefficient (Wildman–Crippen LogP) is 4.51. The molecule has 0 unspecified atom stereocenters. The lowest BCUT2D eigenvalue weighted by Crippen LogP contribution is -2.27. The van der Waals surface area contributed by atoms with Crippen LogP contribution in [-0.4, -0.2) is 38.7 Å². The number of carbonyl (C=O) groups is 1. The minimum atomic E-state index is -0.658. The number of nitrogens with one attached hydrogen (secondary N) is 1. The van der Waals surface area contributed by atoms with Crippen LogP contribution < -0.4 is 19.5 Å². The molecule has 0 atom stereocenters. The molecule has 0 heterocycles. The Bertz CT molecular complexity index is 1000. The number of hydrogen-bond acceptors (Lipinski definition) is 6. The zero-order chi connectivity index (χ0) is 24.2. The number of rotatable bonds is 8. The minimum Gasteiger partial charge on any atom is -0.493 e. The van der Waals surface area contributed by atoms with Crippen LogP contribution >= 0.6 is 0 Å². The number of amides is 1. The fourth-order valence-corrected chi connectivity index (χ4v) is 3.71. The highest BCUT2D eigenvalue weighted by Gasteiger charge is 2.32. The van der Waals surface area contributed by atoms with Crippen LogP contribution in [0.15, 0.2) is 18.2 Å².